The molecule has 132 valence electrons. The third kappa shape index (κ3) is 4.13. The lowest BCUT2D eigenvalue weighted by Crippen LogP contribution is -2.41. The van der Waals surface area contributed by atoms with E-state index in [1.165, 1.54) is 11.1 Å². The number of nitrogens with zero attached hydrogens (tertiary/aromatic N) is 1. The second-order valence-corrected chi connectivity index (χ2v) is 7.86. The van der Waals surface area contributed by atoms with Crippen LogP contribution in [0.3, 0.4) is 0 Å². The molecule has 0 aliphatic carbocycles. The van der Waals surface area contributed by atoms with E-state index in [9.17, 15) is 5.11 Å². The van der Waals surface area contributed by atoms with Crippen molar-refractivity contribution < 1.29 is 5.11 Å². The molecular formula is C21H25BrN2O. The summed E-state index contributed by atoms with van der Waals surface area (Å²) in [6.07, 6.45) is 1.84. The lowest BCUT2D eigenvalue weighted by atomic mass is 9.92. The maximum absolute atomic E-state index is 10.3. The fourth-order valence-corrected chi connectivity index (χ4v) is 3.57. The molecule has 2 N–H and O–H groups in total. The predicted molar refractivity (Wildman–Crippen MR) is 107 cm³/mol. The molecule has 0 fully saturated rings. The number of aromatic hydroxyl groups is 1. The minimum Gasteiger partial charge on any atom is -0.508 e. The van der Waals surface area contributed by atoms with E-state index in [-0.39, 0.29) is 12.2 Å². The normalized spacial score (nSPS) is 20.6. The third-order valence-electron chi connectivity index (χ3n) is 4.76. The summed E-state index contributed by atoms with van der Waals surface area (Å²) < 4.78 is 0.972. The number of hydrogen-bond acceptors (Lipinski definition) is 3. The first-order chi connectivity index (χ1) is 12.0. The third-order valence-corrected chi connectivity index (χ3v) is 5.25. The molecule has 2 aromatic carbocycles. The summed E-state index contributed by atoms with van der Waals surface area (Å²) in [4.78, 5) is 4.95. The molecule has 0 saturated carbocycles. The lowest BCUT2D eigenvalue weighted by Gasteiger charge is -2.32. The van der Waals surface area contributed by atoms with Gasteiger partial charge in [0.1, 0.15) is 11.9 Å². The molecule has 4 heteroatoms. The van der Waals surface area contributed by atoms with Crippen molar-refractivity contribution in [1.82, 2.24) is 5.32 Å². The number of nitrogens with one attached hydrogen (secondary N) is 1. The standard InChI is InChI=1S/C21H25BrN2O/c1-4-14-5-7-15(8-6-14)18-12-19(24-21(23-18)13(2)3)17-11-16(22)9-10-20(17)25/h5-11,13,19,21,24-25H,4,12H2,1-3H3/t19-,21+/m0/s1. The van der Waals surface area contributed by atoms with Crippen LogP contribution in [0.1, 0.15) is 49.9 Å². The summed E-state index contributed by atoms with van der Waals surface area (Å²) in [6.45, 7) is 6.50. The zero-order valence-electron chi connectivity index (χ0n) is 15.0. The number of rotatable bonds is 4. The lowest BCUT2D eigenvalue weighted by molar-refractivity contribution is 0.345. The molecule has 0 spiro atoms. The van der Waals surface area contributed by atoms with Crippen LogP contribution in [-0.2, 0) is 6.42 Å². The number of halogens is 1. The second-order valence-electron chi connectivity index (χ2n) is 6.94. The number of benzene rings is 2. The zero-order chi connectivity index (χ0) is 18.0. The van der Waals surface area contributed by atoms with Gasteiger partial charge in [0.25, 0.3) is 0 Å². The summed E-state index contributed by atoms with van der Waals surface area (Å²) in [5.74, 6) is 0.702. The highest BCUT2D eigenvalue weighted by Gasteiger charge is 2.28. The van der Waals surface area contributed by atoms with Crippen LogP contribution in [-0.4, -0.2) is 17.0 Å². The Bertz CT molecular complexity index is 768. The van der Waals surface area contributed by atoms with Gasteiger partial charge in [0.2, 0.25) is 0 Å². The average molecular weight is 401 g/mol. The van der Waals surface area contributed by atoms with Crippen molar-refractivity contribution in [2.45, 2.75) is 45.8 Å². The van der Waals surface area contributed by atoms with Gasteiger partial charge in [-0.15, -0.1) is 0 Å². The number of aliphatic imine (C=N–C) groups is 1. The monoisotopic (exact) mass is 400 g/mol. The Hall–Kier alpha value is -1.65. The van der Waals surface area contributed by atoms with Crippen molar-refractivity contribution in [2.24, 2.45) is 10.9 Å². The molecule has 25 heavy (non-hydrogen) atoms. The van der Waals surface area contributed by atoms with Gasteiger partial charge in [-0.1, -0.05) is 61.0 Å². The average Bonchev–Trinajstić information content (AvgIpc) is 2.63. The van der Waals surface area contributed by atoms with Crippen molar-refractivity contribution in [3.05, 3.63) is 63.6 Å². The zero-order valence-corrected chi connectivity index (χ0v) is 16.5. The number of hydrogen-bond donors (Lipinski definition) is 2. The van der Waals surface area contributed by atoms with E-state index in [4.69, 9.17) is 4.99 Å². The Morgan fingerprint density at radius 3 is 2.56 bits per heavy atom. The van der Waals surface area contributed by atoms with Gasteiger partial charge >= 0.3 is 0 Å². The Labute approximate surface area is 158 Å². The minimum absolute atomic E-state index is 0.0398. The number of phenols is 1. The second kappa shape index (κ2) is 7.71. The summed E-state index contributed by atoms with van der Waals surface area (Å²) >= 11 is 3.51. The summed E-state index contributed by atoms with van der Waals surface area (Å²) in [5, 5.41) is 13.9. The molecule has 3 rings (SSSR count). The Morgan fingerprint density at radius 1 is 1.20 bits per heavy atom. The highest BCUT2D eigenvalue weighted by atomic mass is 79.9. The largest absolute Gasteiger partial charge is 0.508 e. The number of phenolic OH excluding ortho intramolecular Hbond substituents is 1. The maximum Gasteiger partial charge on any atom is 0.120 e. The fraction of sp³-hybridized carbons (Fsp3) is 0.381. The van der Waals surface area contributed by atoms with E-state index in [0.29, 0.717) is 11.7 Å². The van der Waals surface area contributed by atoms with Crippen LogP contribution in [0.5, 0.6) is 5.75 Å². The summed E-state index contributed by atoms with van der Waals surface area (Å²) in [6, 6.07) is 14.3. The van der Waals surface area contributed by atoms with E-state index in [0.717, 1.165) is 28.6 Å². The molecule has 2 aromatic rings. The topological polar surface area (TPSA) is 44.6 Å². The molecular weight excluding hydrogens is 376 g/mol. The van der Waals surface area contributed by atoms with Crippen LogP contribution in [0.25, 0.3) is 0 Å². The van der Waals surface area contributed by atoms with E-state index >= 15 is 0 Å². The molecule has 0 saturated heterocycles. The van der Waals surface area contributed by atoms with Crippen molar-refractivity contribution in [1.29, 1.82) is 0 Å². The van der Waals surface area contributed by atoms with Gasteiger partial charge < -0.3 is 5.11 Å². The first-order valence-electron chi connectivity index (χ1n) is 8.88. The van der Waals surface area contributed by atoms with Crippen molar-refractivity contribution in [2.75, 3.05) is 0 Å². The maximum atomic E-state index is 10.3. The Morgan fingerprint density at radius 2 is 1.92 bits per heavy atom. The van der Waals surface area contributed by atoms with E-state index < -0.39 is 0 Å². The van der Waals surface area contributed by atoms with Crippen LogP contribution in [0, 0.1) is 5.92 Å². The van der Waals surface area contributed by atoms with Crippen LogP contribution < -0.4 is 5.32 Å². The molecule has 0 radical (unpaired) electrons. The quantitative estimate of drug-likeness (QED) is 0.738. The van der Waals surface area contributed by atoms with Crippen LogP contribution >= 0.6 is 15.9 Å². The molecule has 1 heterocycles. The Balaban J connectivity index is 1.95. The first-order valence-corrected chi connectivity index (χ1v) is 9.67. The van der Waals surface area contributed by atoms with Gasteiger partial charge in [-0.05, 0) is 41.7 Å². The highest BCUT2D eigenvalue weighted by Crippen LogP contribution is 2.33. The molecule has 1 aliphatic heterocycles. The van der Waals surface area contributed by atoms with Gasteiger partial charge in [0.05, 0.1) is 0 Å². The first kappa shape index (κ1) is 18.2. The minimum atomic E-state index is 0.0398. The summed E-state index contributed by atoms with van der Waals surface area (Å²) in [7, 11) is 0. The molecule has 0 unspecified atom stereocenters. The molecule has 2 atom stereocenters. The number of aryl methyl sites for hydroxylation is 1. The predicted octanol–water partition coefficient (Wildman–Crippen LogP) is 5.22. The van der Waals surface area contributed by atoms with Crippen molar-refractivity contribution in [3.8, 4) is 5.75 Å². The van der Waals surface area contributed by atoms with E-state index in [1.807, 2.05) is 12.1 Å². The van der Waals surface area contributed by atoms with E-state index in [1.54, 1.807) is 6.07 Å². The van der Waals surface area contributed by atoms with Crippen LogP contribution in [0.15, 0.2) is 51.9 Å². The Kier molecular flexibility index (Phi) is 5.60. The van der Waals surface area contributed by atoms with Gasteiger partial charge in [-0.2, -0.15) is 0 Å². The highest BCUT2D eigenvalue weighted by molar-refractivity contribution is 9.10. The molecule has 1 aliphatic rings. The smallest absolute Gasteiger partial charge is 0.120 e. The van der Waals surface area contributed by atoms with Gasteiger partial charge in [-0.3, -0.25) is 10.3 Å². The van der Waals surface area contributed by atoms with Gasteiger partial charge in [-0.25, -0.2) is 0 Å². The van der Waals surface area contributed by atoms with Crippen molar-refractivity contribution >= 4 is 21.6 Å². The SMILES string of the molecule is CCc1ccc(C2=N[C@@H](C(C)C)N[C@H](c3cc(Br)ccc3O)C2)cc1. The molecule has 3 nitrogen and oxygen atoms in total. The van der Waals surface area contributed by atoms with Gasteiger partial charge in [0.15, 0.2) is 0 Å². The fourth-order valence-electron chi connectivity index (χ4n) is 3.19. The van der Waals surface area contributed by atoms with Crippen molar-refractivity contribution in [3.63, 3.8) is 0 Å². The molecule has 0 aromatic heterocycles. The van der Waals surface area contributed by atoms with Crippen LogP contribution in [0.2, 0.25) is 0 Å². The van der Waals surface area contributed by atoms with Gasteiger partial charge in [0, 0.05) is 28.2 Å². The molecule has 0 bridgehead atoms. The summed E-state index contributed by atoms with van der Waals surface area (Å²) in [5.41, 5.74) is 4.52. The van der Waals surface area contributed by atoms with E-state index in [2.05, 4.69) is 66.3 Å². The molecule has 0 amide bonds. The van der Waals surface area contributed by atoms with Crippen LogP contribution in [0.4, 0.5) is 0 Å².